The van der Waals surface area contributed by atoms with Gasteiger partial charge in [-0.1, -0.05) is 6.07 Å². The van der Waals surface area contributed by atoms with Crippen LogP contribution in [0.25, 0.3) is 0 Å². The quantitative estimate of drug-likeness (QED) is 0.615. The first-order valence-electron chi connectivity index (χ1n) is 5.15. The van der Waals surface area contributed by atoms with Crippen molar-refractivity contribution in [1.82, 2.24) is 4.72 Å². The van der Waals surface area contributed by atoms with Crippen molar-refractivity contribution < 1.29 is 18.3 Å². The second-order valence-electron chi connectivity index (χ2n) is 3.64. The summed E-state index contributed by atoms with van der Waals surface area (Å²) in [6.07, 6.45) is 5.30. The molecule has 0 aliphatic carbocycles. The molecule has 6 heteroatoms. The molecule has 0 heterocycles. The highest BCUT2D eigenvalue weighted by Gasteiger charge is 2.18. The Bertz CT molecular complexity index is 599. The average Bonchev–Trinajstić information content (AvgIpc) is 2.29. The van der Waals surface area contributed by atoms with Gasteiger partial charge in [0.25, 0.3) is 0 Å². The molecule has 96 valence electrons. The Hall–Kier alpha value is -1.84. The van der Waals surface area contributed by atoms with Gasteiger partial charge < -0.3 is 5.11 Å². The molecule has 0 fully saturated rings. The third-order valence-corrected chi connectivity index (χ3v) is 3.89. The van der Waals surface area contributed by atoms with E-state index in [1.54, 1.807) is 6.92 Å². The summed E-state index contributed by atoms with van der Waals surface area (Å²) < 4.78 is 26.2. The molecule has 0 aliphatic rings. The van der Waals surface area contributed by atoms with Gasteiger partial charge in [0.1, 0.15) is 0 Å². The molecule has 0 spiro atoms. The van der Waals surface area contributed by atoms with Crippen LogP contribution < -0.4 is 4.72 Å². The van der Waals surface area contributed by atoms with Crippen molar-refractivity contribution in [1.29, 1.82) is 0 Å². The molecule has 1 aromatic rings. The second kappa shape index (κ2) is 5.67. The molecule has 0 aromatic heterocycles. The van der Waals surface area contributed by atoms with Crippen LogP contribution in [-0.4, -0.2) is 26.0 Å². The van der Waals surface area contributed by atoms with Crippen LogP contribution in [-0.2, 0) is 10.0 Å². The van der Waals surface area contributed by atoms with Crippen molar-refractivity contribution in [3.8, 4) is 12.3 Å². The lowest BCUT2D eigenvalue weighted by molar-refractivity contribution is 0.0696. The Morgan fingerprint density at radius 1 is 1.50 bits per heavy atom. The number of benzene rings is 1. The van der Waals surface area contributed by atoms with E-state index in [4.69, 9.17) is 11.5 Å². The number of carbonyl (C=O) groups is 1. The molecule has 0 aliphatic heterocycles. The molecule has 0 atom stereocenters. The number of aryl methyl sites for hydroxylation is 1. The van der Waals surface area contributed by atoms with Crippen molar-refractivity contribution in [2.24, 2.45) is 0 Å². The Balaban J connectivity index is 3.12. The van der Waals surface area contributed by atoms with E-state index in [-0.39, 0.29) is 23.4 Å². The predicted octanol–water partition coefficient (Wildman–Crippen LogP) is 0.995. The van der Waals surface area contributed by atoms with Crippen molar-refractivity contribution in [2.45, 2.75) is 18.2 Å². The summed E-state index contributed by atoms with van der Waals surface area (Å²) >= 11 is 0. The van der Waals surface area contributed by atoms with E-state index in [2.05, 4.69) is 10.6 Å². The fourth-order valence-electron chi connectivity index (χ4n) is 1.36. The van der Waals surface area contributed by atoms with Gasteiger partial charge in [-0.15, -0.1) is 12.3 Å². The molecule has 5 nitrogen and oxygen atoms in total. The molecule has 0 saturated carbocycles. The lowest BCUT2D eigenvalue weighted by atomic mass is 10.1. The lowest BCUT2D eigenvalue weighted by Crippen LogP contribution is -2.25. The molecule has 1 aromatic carbocycles. The summed E-state index contributed by atoms with van der Waals surface area (Å²) in [6.45, 7) is 1.72. The van der Waals surface area contributed by atoms with Gasteiger partial charge in [-0.05, 0) is 24.6 Å². The zero-order valence-electron chi connectivity index (χ0n) is 9.80. The van der Waals surface area contributed by atoms with Gasteiger partial charge in [-0.3, -0.25) is 0 Å². The van der Waals surface area contributed by atoms with Crippen molar-refractivity contribution in [3.05, 3.63) is 29.3 Å². The van der Waals surface area contributed by atoms with Crippen LogP contribution >= 0.6 is 0 Å². The van der Waals surface area contributed by atoms with Gasteiger partial charge >= 0.3 is 5.97 Å². The predicted molar refractivity (Wildman–Crippen MR) is 66.8 cm³/mol. The summed E-state index contributed by atoms with van der Waals surface area (Å²) in [5, 5.41) is 8.84. The molecular weight excluding hydrogens is 254 g/mol. The van der Waals surface area contributed by atoms with E-state index < -0.39 is 16.0 Å². The number of carboxylic acid groups (broad SMARTS) is 1. The van der Waals surface area contributed by atoms with Gasteiger partial charge in [0, 0.05) is 13.0 Å². The van der Waals surface area contributed by atoms with Gasteiger partial charge in [-0.25, -0.2) is 17.9 Å². The van der Waals surface area contributed by atoms with Crippen LogP contribution in [0.15, 0.2) is 23.1 Å². The van der Waals surface area contributed by atoms with Crippen LogP contribution in [0.2, 0.25) is 0 Å². The van der Waals surface area contributed by atoms with Crippen LogP contribution in [0, 0.1) is 19.3 Å². The number of rotatable bonds is 5. The van der Waals surface area contributed by atoms with E-state index in [1.165, 1.54) is 12.1 Å². The summed E-state index contributed by atoms with van der Waals surface area (Å²) in [4.78, 5) is 10.8. The van der Waals surface area contributed by atoms with Gasteiger partial charge in [0.15, 0.2) is 0 Å². The first-order chi connectivity index (χ1) is 8.38. The maximum Gasteiger partial charge on any atom is 0.335 e. The maximum atomic E-state index is 11.9. The maximum absolute atomic E-state index is 11.9. The minimum absolute atomic E-state index is 0.0422. The second-order valence-corrected chi connectivity index (χ2v) is 5.37. The monoisotopic (exact) mass is 267 g/mol. The largest absolute Gasteiger partial charge is 0.478 e. The van der Waals surface area contributed by atoms with Crippen LogP contribution in [0.3, 0.4) is 0 Å². The van der Waals surface area contributed by atoms with Gasteiger partial charge in [0.2, 0.25) is 10.0 Å². The Morgan fingerprint density at radius 3 is 2.72 bits per heavy atom. The SMILES string of the molecule is C#CCCNS(=O)(=O)c1cc(C(=O)O)ccc1C. The molecule has 18 heavy (non-hydrogen) atoms. The van der Waals surface area contributed by atoms with Crippen molar-refractivity contribution >= 4 is 16.0 Å². The Kier molecular flexibility index (Phi) is 4.48. The normalized spacial score (nSPS) is 10.9. The van der Waals surface area contributed by atoms with E-state index in [0.29, 0.717) is 5.56 Å². The molecular formula is C12H13NO4S. The summed E-state index contributed by atoms with van der Waals surface area (Å²) in [6, 6.07) is 3.95. The average molecular weight is 267 g/mol. The number of hydrogen-bond acceptors (Lipinski definition) is 3. The molecule has 2 N–H and O–H groups in total. The zero-order valence-corrected chi connectivity index (χ0v) is 10.6. The fourth-order valence-corrected chi connectivity index (χ4v) is 2.66. The molecule has 0 unspecified atom stereocenters. The van der Waals surface area contributed by atoms with E-state index in [9.17, 15) is 13.2 Å². The van der Waals surface area contributed by atoms with Crippen LogP contribution in [0.1, 0.15) is 22.3 Å². The topological polar surface area (TPSA) is 83.5 Å². The molecule has 0 saturated heterocycles. The highest BCUT2D eigenvalue weighted by atomic mass is 32.2. The third-order valence-electron chi connectivity index (χ3n) is 2.29. The lowest BCUT2D eigenvalue weighted by Gasteiger charge is -2.09. The highest BCUT2D eigenvalue weighted by molar-refractivity contribution is 7.89. The molecule has 1 rings (SSSR count). The minimum Gasteiger partial charge on any atom is -0.478 e. The summed E-state index contributed by atoms with van der Waals surface area (Å²) in [7, 11) is -3.73. The number of hydrogen-bond donors (Lipinski definition) is 2. The molecule has 0 radical (unpaired) electrons. The highest BCUT2D eigenvalue weighted by Crippen LogP contribution is 2.17. The number of aromatic carboxylic acids is 1. The van der Waals surface area contributed by atoms with E-state index >= 15 is 0 Å². The first-order valence-corrected chi connectivity index (χ1v) is 6.64. The van der Waals surface area contributed by atoms with Crippen molar-refractivity contribution in [3.63, 3.8) is 0 Å². The first kappa shape index (κ1) is 14.2. The van der Waals surface area contributed by atoms with Crippen LogP contribution in [0.4, 0.5) is 0 Å². The van der Waals surface area contributed by atoms with E-state index in [0.717, 1.165) is 6.07 Å². The Morgan fingerprint density at radius 2 is 2.17 bits per heavy atom. The number of carboxylic acids is 1. The molecule has 0 bridgehead atoms. The zero-order chi connectivity index (χ0) is 13.8. The van der Waals surface area contributed by atoms with E-state index in [1.807, 2.05) is 0 Å². The number of sulfonamides is 1. The summed E-state index contributed by atoms with van der Waals surface area (Å²) in [5.41, 5.74) is 0.408. The fraction of sp³-hybridized carbons (Fsp3) is 0.250. The Labute approximate surface area is 106 Å². The van der Waals surface area contributed by atoms with Gasteiger partial charge in [-0.2, -0.15) is 0 Å². The smallest absolute Gasteiger partial charge is 0.335 e. The number of terminal acetylenes is 1. The molecule has 0 amide bonds. The minimum atomic E-state index is -3.73. The number of nitrogens with one attached hydrogen (secondary N) is 1. The van der Waals surface area contributed by atoms with Gasteiger partial charge in [0.05, 0.1) is 10.5 Å². The van der Waals surface area contributed by atoms with Crippen LogP contribution in [0.5, 0.6) is 0 Å². The standard InChI is InChI=1S/C12H13NO4S/c1-3-4-7-13-18(16,17)11-8-10(12(14)15)6-5-9(11)2/h1,5-6,8,13H,4,7H2,2H3,(H,14,15). The summed E-state index contributed by atoms with van der Waals surface area (Å²) in [5.74, 6) is 1.14. The third kappa shape index (κ3) is 3.32. The van der Waals surface area contributed by atoms with Crippen molar-refractivity contribution in [2.75, 3.05) is 6.54 Å².